The molecule has 0 bridgehead atoms. The summed E-state index contributed by atoms with van der Waals surface area (Å²) in [5, 5.41) is 13.4. The van der Waals surface area contributed by atoms with Crippen molar-refractivity contribution in [3.63, 3.8) is 0 Å². The van der Waals surface area contributed by atoms with E-state index in [1.165, 1.54) is 0 Å². The minimum absolute atomic E-state index is 0.276. The van der Waals surface area contributed by atoms with Gasteiger partial charge in [-0.3, -0.25) is 0 Å². The molecular formula is C12H8ClNOS. The molecule has 1 aliphatic heterocycles. The lowest BCUT2D eigenvalue weighted by atomic mass is 10.2. The van der Waals surface area contributed by atoms with Crippen LogP contribution in [0.1, 0.15) is 0 Å². The zero-order chi connectivity index (χ0) is 11.1. The minimum Gasteiger partial charge on any atom is -0.508 e. The van der Waals surface area contributed by atoms with Gasteiger partial charge in [-0.05, 0) is 36.4 Å². The molecule has 1 aliphatic rings. The maximum Gasteiger partial charge on any atom is 0.116 e. The maximum atomic E-state index is 9.42. The van der Waals surface area contributed by atoms with Crippen molar-refractivity contribution in [2.45, 2.75) is 9.79 Å². The molecule has 0 amide bonds. The fraction of sp³-hybridized carbons (Fsp3) is 0. The van der Waals surface area contributed by atoms with E-state index in [0.29, 0.717) is 0 Å². The van der Waals surface area contributed by atoms with Gasteiger partial charge in [-0.15, -0.1) is 0 Å². The van der Waals surface area contributed by atoms with E-state index < -0.39 is 0 Å². The van der Waals surface area contributed by atoms with Gasteiger partial charge in [-0.1, -0.05) is 23.4 Å². The summed E-state index contributed by atoms with van der Waals surface area (Å²) in [4.78, 5) is 2.08. The topological polar surface area (TPSA) is 32.3 Å². The molecular weight excluding hydrogens is 242 g/mol. The Kier molecular flexibility index (Phi) is 2.23. The lowest BCUT2D eigenvalue weighted by molar-refractivity contribution is 0.474. The molecule has 0 spiro atoms. The number of hydrogen-bond donors (Lipinski definition) is 2. The Labute approximate surface area is 102 Å². The lowest BCUT2D eigenvalue weighted by Crippen LogP contribution is -1.99. The normalized spacial score (nSPS) is 12.6. The molecule has 1 heterocycles. The lowest BCUT2D eigenvalue weighted by Gasteiger charge is -2.20. The van der Waals surface area contributed by atoms with Gasteiger partial charge in [0.25, 0.3) is 0 Å². The van der Waals surface area contributed by atoms with Gasteiger partial charge in [0.05, 0.1) is 11.4 Å². The summed E-state index contributed by atoms with van der Waals surface area (Å²) in [5.41, 5.74) is 2.06. The number of phenols is 1. The highest BCUT2D eigenvalue weighted by Crippen LogP contribution is 2.45. The van der Waals surface area contributed by atoms with Crippen molar-refractivity contribution in [1.82, 2.24) is 0 Å². The SMILES string of the molecule is Oc1ccc2c(c1)Sc1cc(Cl)ccc1N2. The number of fused-ring (bicyclic) bond motifs is 2. The molecule has 0 aliphatic carbocycles. The Morgan fingerprint density at radius 3 is 2.50 bits per heavy atom. The Morgan fingerprint density at radius 1 is 1.00 bits per heavy atom. The van der Waals surface area contributed by atoms with E-state index in [1.807, 2.05) is 24.3 Å². The second kappa shape index (κ2) is 3.61. The smallest absolute Gasteiger partial charge is 0.116 e. The molecule has 0 unspecified atom stereocenters. The first kappa shape index (κ1) is 9.87. The second-order valence-electron chi connectivity index (χ2n) is 3.55. The quantitative estimate of drug-likeness (QED) is 0.584. The van der Waals surface area contributed by atoms with Crippen LogP contribution in [0.15, 0.2) is 46.2 Å². The third-order valence-corrected chi connectivity index (χ3v) is 3.75. The van der Waals surface area contributed by atoms with Crippen LogP contribution in [0.2, 0.25) is 5.02 Å². The number of phenolic OH excluding ortho intramolecular Hbond substituents is 1. The first-order chi connectivity index (χ1) is 7.72. The molecule has 0 radical (unpaired) electrons. The van der Waals surface area contributed by atoms with Crippen LogP contribution in [0.4, 0.5) is 11.4 Å². The summed E-state index contributed by atoms with van der Waals surface area (Å²) in [6.07, 6.45) is 0. The molecule has 2 N–H and O–H groups in total. The highest BCUT2D eigenvalue weighted by molar-refractivity contribution is 7.99. The van der Waals surface area contributed by atoms with E-state index in [0.717, 1.165) is 26.2 Å². The summed E-state index contributed by atoms with van der Waals surface area (Å²) in [6, 6.07) is 11.0. The first-order valence-corrected chi connectivity index (χ1v) is 5.99. The van der Waals surface area contributed by atoms with Gasteiger partial charge in [0.2, 0.25) is 0 Å². The summed E-state index contributed by atoms with van der Waals surface area (Å²) in [5.74, 6) is 0.276. The third kappa shape index (κ3) is 1.62. The van der Waals surface area contributed by atoms with Gasteiger partial charge in [-0.25, -0.2) is 0 Å². The molecule has 0 fully saturated rings. The molecule has 3 rings (SSSR count). The summed E-state index contributed by atoms with van der Waals surface area (Å²) < 4.78 is 0. The predicted octanol–water partition coefficient (Wildman–Crippen LogP) is 4.25. The number of hydrogen-bond acceptors (Lipinski definition) is 3. The molecule has 0 atom stereocenters. The fourth-order valence-electron chi connectivity index (χ4n) is 1.65. The Hall–Kier alpha value is -1.32. The summed E-state index contributed by atoms with van der Waals surface area (Å²) >= 11 is 7.55. The second-order valence-corrected chi connectivity index (χ2v) is 5.07. The fourth-order valence-corrected chi connectivity index (χ4v) is 2.94. The molecule has 0 saturated carbocycles. The summed E-state index contributed by atoms with van der Waals surface area (Å²) in [7, 11) is 0. The molecule has 4 heteroatoms. The number of anilines is 2. The van der Waals surface area contributed by atoms with Crippen LogP contribution in [0.5, 0.6) is 5.75 Å². The Morgan fingerprint density at radius 2 is 1.69 bits per heavy atom. The van der Waals surface area contributed by atoms with Gasteiger partial charge >= 0.3 is 0 Å². The van der Waals surface area contributed by atoms with E-state index in [4.69, 9.17) is 11.6 Å². The van der Waals surface area contributed by atoms with Crippen molar-refractivity contribution >= 4 is 34.7 Å². The van der Waals surface area contributed by atoms with Crippen molar-refractivity contribution < 1.29 is 5.11 Å². The van der Waals surface area contributed by atoms with Gasteiger partial charge in [0.15, 0.2) is 0 Å². The highest BCUT2D eigenvalue weighted by Gasteiger charge is 2.15. The van der Waals surface area contributed by atoms with Crippen LogP contribution in [0.3, 0.4) is 0 Å². The Bertz CT molecular complexity index is 521. The average molecular weight is 250 g/mol. The molecule has 80 valence electrons. The van der Waals surface area contributed by atoms with Crippen LogP contribution >= 0.6 is 23.4 Å². The summed E-state index contributed by atoms with van der Waals surface area (Å²) in [6.45, 7) is 0. The molecule has 0 saturated heterocycles. The van der Waals surface area contributed by atoms with E-state index >= 15 is 0 Å². The molecule has 2 nitrogen and oxygen atoms in total. The third-order valence-electron chi connectivity index (χ3n) is 2.40. The molecule has 0 aromatic heterocycles. The van der Waals surface area contributed by atoms with E-state index in [2.05, 4.69) is 5.32 Å². The number of benzene rings is 2. The van der Waals surface area contributed by atoms with Gasteiger partial charge in [0, 0.05) is 14.8 Å². The van der Waals surface area contributed by atoms with Crippen molar-refractivity contribution in [3.05, 3.63) is 41.4 Å². The van der Waals surface area contributed by atoms with E-state index in [9.17, 15) is 5.11 Å². The van der Waals surface area contributed by atoms with Crippen molar-refractivity contribution in [1.29, 1.82) is 0 Å². The largest absolute Gasteiger partial charge is 0.508 e. The predicted molar refractivity (Wildman–Crippen MR) is 67.0 cm³/mol. The zero-order valence-corrected chi connectivity index (χ0v) is 9.77. The van der Waals surface area contributed by atoms with Gasteiger partial charge in [0.1, 0.15) is 5.75 Å². The number of nitrogens with one attached hydrogen (secondary N) is 1. The average Bonchev–Trinajstić information content (AvgIpc) is 2.26. The van der Waals surface area contributed by atoms with Crippen LogP contribution in [-0.4, -0.2) is 5.11 Å². The van der Waals surface area contributed by atoms with Crippen LogP contribution in [0, 0.1) is 0 Å². The standard InChI is InChI=1S/C12H8ClNOS/c13-7-1-3-9-11(5-7)16-12-6-8(15)2-4-10(12)14-9/h1-6,14-15H. The minimum atomic E-state index is 0.276. The monoisotopic (exact) mass is 249 g/mol. The highest BCUT2D eigenvalue weighted by atomic mass is 35.5. The number of halogens is 1. The van der Waals surface area contributed by atoms with Crippen LogP contribution < -0.4 is 5.32 Å². The van der Waals surface area contributed by atoms with Crippen molar-refractivity contribution in [2.24, 2.45) is 0 Å². The number of aromatic hydroxyl groups is 1. The zero-order valence-electron chi connectivity index (χ0n) is 8.20. The number of rotatable bonds is 0. The first-order valence-electron chi connectivity index (χ1n) is 4.80. The Balaban J connectivity index is 2.10. The molecule has 2 aromatic carbocycles. The van der Waals surface area contributed by atoms with E-state index in [-0.39, 0.29) is 5.75 Å². The van der Waals surface area contributed by atoms with Crippen molar-refractivity contribution in [2.75, 3.05) is 5.32 Å². The molecule has 2 aromatic rings. The maximum absolute atomic E-state index is 9.42. The van der Waals surface area contributed by atoms with Crippen molar-refractivity contribution in [3.8, 4) is 5.75 Å². The van der Waals surface area contributed by atoms with Crippen LogP contribution in [-0.2, 0) is 0 Å². The van der Waals surface area contributed by atoms with E-state index in [1.54, 1.807) is 23.9 Å². The molecule has 16 heavy (non-hydrogen) atoms. The van der Waals surface area contributed by atoms with Gasteiger partial charge < -0.3 is 10.4 Å². The van der Waals surface area contributed by atoms with Crippen LogP contribution in [0.25, 0.3) is 0 Å². The van der Waals surface area contributed by atoms with Gasteiger partial charge in [-0.2, -0.15) is 0 Å².